The SMILES string of the molecule is O=C(Nc1cccc(-c2cn3c(n2)SCC3)c1)c1cc([N+](=O)[O-])cc([N+](=O)[O-])c1. The highest BCUT2D eigenvalue weighted by Gasteiger charge is 2.20. The molecule has 11 heteroatoms. The molecule has 0 bridgehead atoms. The quantitative estimate of drug-likeness (QED) is 0.499. The number of benzene rings is 2. The van der Waals surface area contributed by atoms with Crippen LogP contribution in [0.1, 0.15) is 10.4 Å². The van der Waals surface area contributed by atoms with E-state index in [1.165, 1.54) is 0 Å². The van der Waals surface area contributed by atoms with Crippen LogP contribution in [0.2, 0.25) is 0 Å². The highest BCUT2D eigenvalue weighted by molar-refractivity contribution is 7.99. The maximum absolute atomic E-state index is 12.5. The minimum absolute atomic E-state index is 0.173. The number of imidazole rings is 1. The normalized spacial score (nSPS) is 12.4. The van der Waals surface area contributed by atoms with Crippen LogP contribution in [-0.2, 0) is 6.54 Å². The van der Waals surface area contributed by atoms with Gasteiger partial charge in [0.1, 0.15) is 0 Å². The molecule has 0 unspecified atom stereocenters. The van der Waals surface area contributed by atoms with Crippen molar-refractivity contribution in [3.05, 3.63) is 74.5 Å². The summed E-state index contributed by atoms with van der Waals surface area (Å²) >= 11 is 1.67. The molecule has 1 aromatic heterocycles. The summed E-state index contributed by atoms with van der Waals surface area (Å²) in [5.41, 5.74) is 0.798. The molecule has 2 heterocycles. The summed E-state index contributed by atoms with van der Waals surface area (Å²) < 4.78 is 2.06. The van der Waals surface area contributed by atoms with Crippen molar-refractivity contribution >= 4 is 34.7 Å². The molecule has 0 fully saturated rings. The average molecular weight is 411 g/mol. The Labute approximate surface area is 167 Å². The Hall–Kier alpha value is -3.73. The molecule has 0 aliphatic carbocycles. The van der Waals surface area contributed by atoms with Gasteiger partial charge in [0.25, 0.3) is 17.3 Å². The largest absolute Gasteiger partial charge is 0.325 e. The number of non-ortho nitro benzene ring substituents is 2. The second-order valence-corrected chi connectivity index (χ2v) is 7.30. The Balaban J connectivity index is 1.60. The van der Waals surface area contributed by atoms with E-state index in [-0.39, 0.29) is 5.56 Å². The number of nitrogens with one attached hydrogen (secondary N) is 1. The van der Waals surface area contributed by atoms with Gasteiger partial charge in [0.15, 0.2) is 5.16 Å². The van der Waals surface area contributed by atoms with E-state index >= 15 is 0 Å². The molecule has 3 aromatic rings. The molecule has 10 nitrogen and oxygen atoms in total. The van der Waals surface area contributed by atoms with Crippen LogP contribution in [0.25, 0.3) is 11.3 Å². The lowest BCUT2D eigenvalue weighted by atomic mass is 10.1. The third kappa shape index (κ3) is 3.80. The molecule has 0 atom stereocenters. The maximum atomic E-state index is 12.5. The van der Waals surface area contributed by atoms with Gasteiger partial charge in [-0.2, -0.15) is 0 Å². The Kier molecular flexibility index (Phi) is 4.72. The lowest BCUT2D eigenvalue weighted by Gasteiger charge is -2.07. The van der Waals surface area contributed by atoms with Crippen molar-refractivity contribution < 1.29 is 14.6 Å². The van der Waals surface area contributed by atoms with Crippen LogP contribution in [0.3, 0.4) is 0 Å². The Morgan fingerprint density at radius 1 is 1.10 bits per heavy atom. The summed E-state index contributed by atoms with van der Waals surface area (Å²) in [5.74, 6) is 0.311. The monoisotopic (exact) mass is 411 g/mol. The zero-order valence-electron chi connectivity index (χ0n) is 14.8. The van der Waals surface area contributed by atoms with Gasteiger partial charge in [-0.15, -0.1) is 0 Å². The van der Waals surface area contributed by atoms with E-state index in [9.17, 15) is 25.0 Å². The number of amides is 1. The number of nitro benzene ring substituents is 2. The van der Waals surface area contributed by atoms with E-state index in [1.807, 2.05) is 12.3 Å². The summed E-state index contributed by atoms with van der Waals surface area (Å²) in [6.07, 6.45) is 1.94. The summed E-state index contributed by atoms with van der Waals surface area (Å²) in [4.78, 5) is 37.6. The average Bonchev–Trinajstić information content (AvgIpc) is 3.30. The fourth-order valence-corrected chi connectivity index (χ4v) is 3.89. The molecule has 29 heavy (non-hydrogen) atoms. The van der Waals surface area contributed by atoms with Gasteiger partial charge in [0.05, 0.1) is 27.2 Å². The fourth-order valence-electron chi connectivity index (χ4n) is 2.95. The van der Waals surface area contributed by atoms with E-state index in [4.69, 9.17) is 0 Å². The summed E-state index contributed by atoms with van der Waals surface area (Å²) in [6.45, 7) is 0.898. The van der Waals surface area contributed by atoms with Gasteiger partial charge in [-0.25, -0.2) is 4.98 Å². The number of nitro groups is 2. The van der Waals surface area contributed by atoms with E-state index in [2.05, 4.69) is 14.9 Å². The molecule has 1 amide bonds. The van der Waals surface area contributed by atoms with Crippen molar-refractivity contribution in [3.8, 4) is 11.3 Å². The molecular weight excluding hydrogens is 398 g/mol. The van der Waals surface area contributed by atoms with Crippen LogP contribution in [0.4, 0.5) is 17.1 Å². The second kappa shape index (κ2) is 7.36. The zero-order valence-corrected chi connectivity index (χ0v) is 15.6. The van der Waals surface area contributed by atoms with Gasteiger partial charge in [-0.3, -0.25) is 25.0 Å². The first kappa shape index (κ1) is 18.6. The van der Waals surface area contributed by atoms with Crippen molar-refractivity contribution in [3.63, 3.8) is 0 Å². The van der Waals surface area contributed by atoms with Gasteiger partial charge in [0, 0.05) is 41.9 Å². The van der Waals surface area contributed by atoms with E-state index < -0.39 is 27.1 Å². The molecule has 1 aliphatic heterocycles. The summed E-state index contributed by atoms with van der Waals surface area (Å²) in [7, 11) is 0. The Morgan fingerprint density at radius 3 is 2.48 bits per heavy atom. The van der Waals surface area contributed by atoms with E-state index in [0.29, 0.717) is 5.69 Å². The fraction of sp³-hybridized carbons (Fsp3) is 0.111. The highest BCUT2D eigenvalue weighted by Crippen LogP contribution is 2.30. The predicted molar refractivity (Wildman–Crippen MR) is 106 cm³/mol. The van der Waals surface area contributed by atoms with Crippen molar-refractivity contribution in [2.75, 3.05) is 11.1 Å². The Morgan fingerprint density at radius 2 is 1.83 bits per heavy atom. The van der Waals surface area contributed by atoms with Gasteiger partial charge < -0.3 is 9.88 Å². The Bertz CT molecular complexity index is 1110. The first-order chi connectivity index (χ1) is 13.9. The van der Waals surface area contributed by atoms with Crippen LogP contribution < -0.4 is 5.32 Å². The number of hydrogen-bond donors (Lipinski definition) is 1. The summed E-state index contributed by atoms with van der Waals surface area (Å²) in [6, 6.07) is 9.81. The highest BCUT2D eigenvalue weighted by atomic mass is 32.2. The molecule has 1 aliphatic rings. The standard InChI is InChI=1S/C18H13N5O5S/c24-17(12-7-14(22(25)26)9-15(8-12)23(27)28)19-13-3-1-2-11(6-13)16-10-21-4-5-29-18(21)20-16/h1-3,6-10H,4-5H2,(H,19,24). The topological polar surface area (TPSA) is 133 Å². The van der Waals surface area contributed by atoms with Crippen LogP contribution in [-0.4, -0.2) is 31.1 Å². The first-order valence-electron chi connectivity index (χ1n) is 8.46. The minimum Gasteiger partial charge on any atom is -0.325 e. The number of aromatic nitrogens is 2. The van der Waals surface area contributed by atoms with Crippen molar-refractivity contribution in [2.24, 2.45) is 0 Å². The zero-order chi connectivity index (χ0) is 20.5. The number of carbonyl (C=O) groups excluding carboxylic acids is 1. The smallest absolute Gasteiger partial charge is 0.277 e. The molecule has 0 saturated carbocycles. The number of hydrogen-bond acceptors (Lipinski definition) is 7. The van der Waals surface area contributed by atoms with Gasteiger partial charge in [0.2, 0.25) is 0 Å². The number of carbonyl (C=O) groups is 1. The van der Waals surface area contributed by atoms with Gasteiger partial charge in [-0.1, -0.05) is 23.9 Å². The van der Waals surface area contributed by atoms with Crippen molar-refractivity contribution in [2.45, 2.75) is 11.7 Å². The molecule has 146 valence electrons. The lowest BCUT2D eigenvalue weighted by Crippen LogP contribution is -2.12. The third-order valence-corrected chi connectivity index (χ3v) is 5.28. The van der Waals surface area contributed by atoms with Gasteiger partial charge in [-0.05, 0) is 12.1 Å². The van der Waals surface area contributed by atoms with Crippen molar-refractivity contribution in [1.29, 1.82) is 0 Å². The number of rotatable bonds is 5. The minimum atomic E-state index is -0.777. The van der Waals surface area contributed by atoms with Crippen LogP contribution in [0, 0.1) is 20.2 Å². The number of fused-ring (bicyclic) bond motifs is 1. The first-order valence-corrected chi connectivity index (χ1v) is 9.45. The van der Waals surface area contributed by atoms with Crippen LogP contribution >= 0.6 is 11.8 Å². The predicted octanol–water partition coefficient (Wildman–Crippen LogP) is 3.72. The van der Waals surface area contributed by atoms with Crippen LogP contribution in [0.15, 0.2) is 53.8 Å². The van der Waals surface area contributed by atoms with E-state index in [0.717, 1.165) is 46.9 Å². The number of thioether (sulfide) groups is 1. The van der Waals surface area contributed by atoms with Crippen molar-refractivity contribution in [1.82, 2.24) is 9.55 Å². The summed E-state index contributed by atoms with van der Waals surface area (Å²) in [5, 5.41) is 25.6. The molecule has 2 aromatic carbocycles. The molecule has 4 rings (SSSR count). The molecule has 0 radical (unpaired) electrons. The lowest BCUT2D eigenvalue weighted by molar-refractivity contribution is -0.394. The second-order valence-electron chi connectivity index (χ2n) is 6.24. The maximum Gasteiger partial charge on any atom is 0.277 e. The van der Waals surface area contributed by atoms with Gasteiger partial charge >= 0.3 is 0 Å². The number of anilines is 1. The number of nitrogens with zero attached hydrogens (tertiary/aromatic N) is 4. The molecule has 0 spiro atoms. The molecular formula is C18H13N5O5S. The third-order valence-electron chi connectivity index (χ3n) is 4.31. The molecule has 1 N–H and O–H groups in total. The molecule has 0 saturated heterocycles. The van der Waals surface area contributed by atoms with Crippen LogP contribution in [0.5, 0.6) is 0 Å². The number of aryl methyl sites for hydroxylation is 1. The van der Waals surface area contributed by atoms with E-state index in [1.54, 1.807) is 30.0 Å².